The summed E-state index contributed by atoms with van der Waals surface area (Å²) in [6.45, 7) is 0.659. The minimum Gasteiger partial charge on any atom is -0.504 e. The lowest BCUT2D eigenvalue weighted by atomic mass is 9.97. The number of hydrogen-bond donors (Lipinski definition) is 7. The van der Waals surface area contributed by atoms with E-state index < -0.39 is 84.9 Å². The Morgan fingerprint density at radius 1 is 0.841 bits per heavy atom. The summed E-state index contributed by atoms with van der Waals surface area (Å²) in [5, 5.41) is 72.8. The SMILES string of the molecule is COc1ccc(-c2cc(=O)c3c(O)c(OC4OC(CO)C(O)C(O)C4OC4OC(C)C(O)C(O)C4O)c(OC)cc3o2)cc1. The fourth-order valence-electron chi connectivity index (χ4n) is 5.12. The highest BCUT2D eigenvalue weighted by Crippen LogP contribution is 2.44. The molecule has 240 valence electrons. The third-order valence-corrected chi connectivity index (χ3v) is 7.67. The standard InChI is InChI=1S/C29H34O15/c1-11-20(32)23(35)25(37)28(40-11)44-27-24(36)21(33)18(10-30)42-29(27)43-26-17(39-3)9-16-19(22(26)34)14(31)8-15(41-16)12-4-6-13(38-2)7-5-12/h4-9,11,18,20-21,23-25,27-30,32-37H,10H2,1-3H3. The number of hydrogen-bond acceptors (Lipinski definition) is 15. The molecule has 1 aromatic heterocycles. The molecular weight excluding hydrogens is 588 g/mol. The zero-order valence-corrected chi connectivity index (χ0v) is 23.8. The Labute approximate surface area is 249 Å². The zero-order chi connectivity index (χ0) is 31.9. The molecule has 0 radical (unpaired) electrons. The van der Waals surface area contributed by atoms with Crippen molar-refractivity contribution in [3.63, 3.8) is 0 Å². The molecule has 7 N–H and O–H groups in total. The molecule has 44 heavy (non-hydrogen) atoms. The van der Waals surface area contributed by atoms with E-state index in [4.69, 9.17) is 32.8 Å². The summed E-state index contributed by atoms with van der Waals surface area (Å²) < 4.78 is 39.1. The molecule has 0 saturated carbocycles. The number of methoxy groups -OCH3 is 2. The quantitative estimate of drug-likeness (QED) is 0.163. The smallest absolute Gasteiger partial charge is 0.230 e. The van der Waals surface area contributed by atoms with Crippen molar-refractivity contribution in [1.82, 2.24) is 0 Å². The lowest BCUT2D eigenvalue weighted by Gasteiger charge is -2.45. The van der Waals surface area contributed by atoms with Gasteiger partial charge in [0.15, 0.2) is 29.3 Å². The number of benzene rings is 2. The van der Waals surface area contributed by atoms with E-state index in [0.29, 0.717) is 11.3 Å². The zero-order valence-electron chi connectivity index (χ0n) is 23.8. The van der Waals surface area contributed by atoms with E-state index in [-0.39, 0.29) is 22.5 Å². The first kappa shape index (κ1) is 31.9. The molecular formula is C29H34O15. The van der Waals surface area contributed by atoms with Crippen LogP contribution in [0.3, 0.4) is 0 Å². The Balaban J connectivity index is 1.51. The minimum atomic E-state index is -1.81. The van der Waals surface area contributed by atoms with Crippen molar-refractivity contribution < 1.29 is 68.6 Å². The summed E-state index contributed by atoms with van der Waals surface area (Å²) in [4.78, 5) is 13.2. The van der Waals surface area contributed by atoms with Gasteiger partial charge in [-0.15, -0.1) is 0 Å². The number of phenolic OH excluding ortho intramolecular Hbond substituents is 1. The number of rotatable bonds is 8. The molecule has 0 spiro atoms. The van der Waals surface area contributed by atoms with Crippen LogP contribution < -0.4 is 19.6 Å². The van der Waals surface area contributed by atoms with Crippen molar-refractivity contribution in [2.45, 2.75) is 68.3 Å². The van der Waals surface area contributed by atoms with Crippen LogP contribution in [0.4, 0.5) is 0 Å². The van der Waals surface area contributed by atoms with Crippen LogP contribution in [0.2, 0.25) is 0 Å². The van der Waals surface area contributed by atoms with Crippen molar-refractivity contribution in [2.24, 2.45) is 0 Å². The minimum absolute atomic E-state index is 0.0497. The molecule has 15 nitrogen and oxygen atoms in total. The van der Waals surface area contributed by atoms with E-state index in [9.17, 15) is 40.5 Å². The second-order valence-corrected chi connectivity index (χ2v) is 10.4. The molecule has 0 bridgehead atoms. The number of phenols is 1. The van der Waals surface area contributed by atoms with E-state index in [0.717, 1.165) is 0 Å². The topological polar surface area (TPSA) is 227 Å². The van der Waals surface area contributed by atoms with E-state index >= 15 is 0 Å². The third-order valence-electron chi connectivity index (χ3n) is 7.67. The molecule has 2 aliphatic heterocycles. The van der Waals surface area contributed by atoms with E-state index in [1.165, 1.54) is 33.3 Å². The molecule has 5 rings (SSSR count). The Morgan fingerprint density at radius 2 is 1.55 bits per heavy atom. The van der Waals surface area contributed by atoms with Crippen LogP contribution in [-0.4, -0.2) is 118 Å². The maximum absolute atomic E-state index is 13.2. The van der Waals surface area contributed by atoms with Gasteiger partial charge in [-0.3, -0.25) is 4.79 Å². The first-order valence-electron chi connectivity index (χ1n) is 13.7. The molecule has 15 heteroatoms. The molecule has 0 aliphatic carbocycles. The summed E-state index contributed by atoms with van der Waals surface area (Å²) >= 11 is 0. The van der Waals surface area contributed by atoms with Gasteiger partial charge in [0, 0.05) is 17.7 Å². The van der Waals surface area contributed by atoms with Crippen molar-refractivity contribution in [1.29, 1.82) is 0 Å². The summed E-state index contributed by atoms with van der Waals surface area (Å²) in [6, 6.07) is 9.20. The monoisotopic (exact) mass is 622 g/mol. The van der Waals surface area contributed by atoms with Gasteiger partial charge in [-0.1, -0.05) is 0 Å². The fourth-order valence-corrected chi connectivity index (χ4v) is 5.12. The average Bonchev–Trinajstić information content (AvgIpc) is 3.02. The Bertz CT molecular complexity index is 1510. The maximum Gasteiger partial charge on any atom is 0.230 e. The first-order chi connectivity index (χ1) is 21.0. The van der Waals surface area contributed by atoms with Crippen molar-refractivity contribution in [2.75, 3.05) is 20.8 Å². The lowest BCUT2D eigenvalue weighted by Crippen LogP contribution is -2.64. The van der Waals surface area contributed by atoms with Gasteiger partial charge >= 0.3 is 0 Å². The normalized spacial score (nSPS) is 32.4. The first-order valence-corrected chi connectivity index (χ1v) is 13.7. The highest BCUT2D eigenvalue weighted by molar-refractivity contribution is 5.89. The average molecular weight is 623 g/mol. The van der Waals surface area contributed by atoms with Gasteiger partial charge in [0.1, 0.15) is 59.1 Å². The summed E-state index contributed by atoms with van der Waals surface area (Å²) in [6.07, 6.45) is -15.8. The highest BCUT2D eigenvalue weighted by Gasteiger charge is 2.51. The second kappa shape index (κ2) is 12.8. The molecule has 0 amide bonds. The van der Waals surface area contributed by atoms with Gasteiger partial charge in [0.05, 0.1) is 26.9 Å². The third kappa shape index (κ3) is 5.81. The van der Waals surface area contributed by atoms with Crippen molar-refractivity contribution >= 4 is 11.0 Å². The van der Waals surface area contributed by atoms with Gasteiger partial charge in [0.2, 0.25) is 12.0 Å². The predicted molar refractivity (Wildman–Crippen MR) is 148 cm³/mol. The molecule has 10 unspecified atom stereocenters. The van der Waals surface area contributed by atoms with Crippen LogP contribution >= 0.6 is 0 Å². The molecule has 10 atom stereocenters. The molecule has 3 aromatic rings. The molecule has 2 aromatic carbocycles. The Kier molecular flexibility index (Phi) is 9.31. The van der Waals surface area contributed by atoms with Crippen molar-refractivity contribution in [3.05, 3.63) is 46.6 Å². The summed E-state index contributed by atoms with van der Waals surface area (Å²) in [5.74, 6) is -0.482. The van der Waals surface area contributed by atoms with E-state index in [1.807, 2.05) is 0 Å². The summed E-state index contributed by atoms with van der Waals surface area (Å²) in [7, 11) is 2.77. The van der Waals surface area contributed by atoms with E-state index in [1.54, 1.807) is 24.3 Å². The maximum atomic E-state index is 13.2. The van der Waals surface area contributed by atoms with Crippen LogP contribution in [0.1, 0.15) is 6.92 Å². The second-order valence-electron chi connectivity index (χ2n) is 10.4. The van der Waals surface area contributed by atoms with Gasteiger partial charge in [-0.2, -0.15) is 0 Å². The molecule has 2 saturated heterocycles. The highest BCUT2D eigenvalue weighted by atomic mass is 16.8. The predicted octanol–water partition coefficient (Wildman–Crippen LogP) is -0.787. The fraction of sp³-hybridized carbons (Fsp3) is 0.483. The van der Waals surface area contributed by atoms with Crippen LogP contribution in [-0.2, 0) is 14.2 Å². The molecule has 3 heterocycles. The largest absolute Gasteiger partial charge is 0.504 e. The molecule has 2 aliphatic rings. The van der Waals surface area contributed by atoms with Crippen molar-refractivity contribution in [3.8, 4) is 34.3 Å². The number of aromatic hydroxyl groups is 1. The van der Waals surface area contributed by atoms with Crippen LogP contribution in [0.5, 0.6) is 23.0 Å². The summed E-state index contributed by atoms with van der Waals surface area (Å²) in [5.41, 5.74) is -0.129. The van der Waals surface area contributed by atoms with Gasteiger partial charge in [0.25, 0.3) is 0 Å². The van der Waals surface area contributed by atoms with Crippen LogP contribution in [0, 0.1) is 0 Å². The van der Waals surface area contributed by atoms with Gasteiger partial charge in [-0.25, -0.2) is 0 Å². The molecule has 2 fully saturated rings. The Morgan fingerprint density at radius 3 is 2.18 bits per heavy atom. The number of ether oxygens (including phenoxy) is 6. The van der Waals surface area contributed by atoms with Crippen LogP contribution in [0.15, 0.2) is 45.6 Å². The number of aliphatic hydroxyl groups excluding tert-OH is 6. The number of fused-ring (bicyclic) bond motifs is 1. The Hall–Kier alpha value is -3.51. The lowest BCUT2D eigenvalue weighted by molar-refractivity contribution is -0.354. The van der Waals surface area contributed by atoms with E-state index in [2.05, 4.69) is 0 Å². The number of aliphatic hydroxyl groups is 6. The van der Waals surface area contributed by atoms with Gasteiger partial charge < -0.3 is 68.6 Å². The van der Waals surface area contributed by atoms with Crippen LogP contribution in [0.25, 0.3) is 22.3 Å². The van der Waals surface area contributed by atoms with Gasteiger partial charge in [-0.05, 0) is 31.2 Å².